The van der Waals surface area contributed by atoms with Gasteiger partial charge in [-0.2, -0.15) is 0 Å². The van der Waals surface area contributed by atoms with Crippen LogP contribution in [-0.4, -0.2) is 9.38 Å². The smallest absolute Gasteiger partial charge is 0.145 e. The molecular formula is C19H16N2. The largest absolute Gasteiger partial charge is 0.296 e. The number of imidazole rings is 1. The van der Waals surface area contributed by atoms with E-state index >= 15 is 0 Å². The molecule has 0 fully saturated rings. The van der Waals surface area contributed by atoms with Crippen LogP contribution in [0.2, 0.25) is 0 Å². The molecule has 0 saturated heterocycles. The second-order valence-electron chi connectivity index (χ2n) is 6.11. The van der Waals surface area contributed by atoms with Crippen LogP contribution in [0.3, 0.4) is 0 Å². The monoisotopic (exact) mass is 272 g/mol. The van der Waals surface area contributed by atoms with Gasteiger partial charge in [0.25, 0.3) is 0 Å². The van der Waals surface area contributed by atoms with Crippen LogP contribution < -0.4 is 0 Å². The topological polar surface area (TPSA) is 17.3 Å². The Morgan fingerprint density at radius 2 is 1.76 bits per heavy atom. The minimum Gasteiger partial charge on any atom is -0.296 e. The maximum atomic E-state index is 4.90. The van der Waals surface area contributed by atoms with Crippen molar-refractivity contribution in [2.24, 2.45) is 0 Å². The highest BCUT2D eigenvalue weighted by Crippen LogP contribution is 2.37. The van der Waals surface area contributed by atoms with E-state index in [4.69, 9.17) is 4.98 Å². The molecule has 0 saturated carbocycles. The number of pyridine rings is 1. The van der Waals surface area contributed by atoms with Crippen LogP contribution >= 0.6 is 0 Å². The summed E-state index contributed by atoms with van der Waals surface area (Å²) in [5, 5.41) is 4.00. The molecule has 0 spiro atoms. The number of aromatic nitrogens is 2. The molecule has 0 aliphatic carbocycles. The fourth-order valence-corrected chi connectivity index (χ4v) is 4.00. The minimum absolute atomic E-state index is 1.09. The Kier molecular flexibility index (Phi) is 1.96. The molecule has 21 heavy (non-hydrogen) atoms. The number of benzene rings is 2. The van der Waals surface area contributed by atoms with Crippen molar-refractivity contribution in [2.75, 3.05) is 0 Å². The molecule has 0 amide bonds. The summed E-state index contributed by atoms with van der Waals surface area (Å²) in [4.78, 5) is 4.90. The van der Waals surface area contributed by atoms with Crippen molar-refractivity contribution in [3.8, 4) is 0 Å². The van der Waals surface area contributed by atoms with Crippen molar-refractivity contribution < 1.29 is 0 Å². The van der Waals surface area contributed by atoms with Crippen LogP contribution in [0.4, 0.5) is 0 Å². The van der Waals surface area contributed by atoms with Crippen LogP contribution in [0.5, 0.6) is 0 Å². The predicted molar refractivity (Wildman–Crippen MR) is 87.1 cm³/mol. The van der Waals surface area contributed by atoms with Gasteiger partial charge < -0.3 is 0 Å². The first-order chi connectivity index (χ1) is 10.3. The number of hydrogen-bond donors (Lipinski definition) is 0. The Labute approximate surface area is 123 Å². The molecule has 3 heterocycles. The Balaban J connectivity index is 2.26. The first kappa shape index (κ1) is 11.3. The highest BCUT2D eigenvalue weighted by Gasteiger charge is 2.21. The van der Waals surface area contributed by atoms with Crippen molar-refractivity contribution in [3.63, 3.8) is 0 Å². The van der Waals surface area contributed by atoms with Crippen molar-refractivity contribution in [1.82, 2.24) is 9.38 Å². The molecule has 2 nitrogen and oxygen atoms in total. The molecular weight excluding hydrogens is 256 g/mol. The predicted octanol–water partition coefficient (Wildman–Crippen LogP) is 4.36. The van der Waals surface area contributed by atoms with Crippen molar-refractivity contribution in [1.29, 1.82) is 0 Å². The Bertz CT molecular complexity index is 1050. The molecule has 102 valence electrons. The van der Waals surface area contributed by atoms with Gasteiger partial charge in [0.15, 0.2) is 0 Å². The Morgan fingerprint density at radius 3 is 2.67 bits per heavy atom. The maximum Gasteiger partial charge on any atom is 0.145 e. The molecule has 0 N–H and O–H groups in total. The second kappa shape index (κ2) is 3.64. The summed E-state index contributed by atoms with van der Waals surface area (Å²) in [6.07, 6.45) is 2.22. The zero-order valence-electron chi connectivity index (χ0n) is 12.3. The van der Waals surface area contributed by atoms with Crippen LogP contribution in [0.25, 0.3) is 27.3 Å². The molecule has 0 atom stereocenters. The quantitative estimate of drug-likeness (QED) is 0.435. The molecule has 0 radical (unpaired) electrons. The second-order valence-corrected chi connectivity index (χ2v) is 6.11. The van der Waals surface area contributed by atoms with Gasteiger partial charge in [-0.1, -0.05) is 36.4 Å². The summed E-state index contributed by atoms with van der Waals surface area (Å²) >= 11 is 0. The lowest BCUT2D eigenvalue weighted by molar-refractivity contribution is 0.866. The van der Waals surface area contributed by atoms with Gasteiger partial charge in [-0.25, -0.2) is 4.98 Å². The zero-order chi connectivity index (χ0) is 14.1. The summed E-state index contributed by atoms with van der Waals surface area (Å²) in [6.45, 7) is 4.34. The van der Waals surface area contributed by atoms with E-state index in [1.165, 1.54) is 44.2 Å². The lowest BCUT2D eigenvalue weighted by Crippen LogP contribution is -2.08. The fourth-order valence-electron chi connectivity index (χ4n) is 4.00. The average Bonchev–Trinajstić information content (AvgIpc) is 2.84. The lowest BCUT2D eigenvalue weighted by Gasteiger charge is -2.19. The zero-order valence-corrected chi connectivity index (χ0v) is 12.3. The first-order valence-corrected chi connectivity index (χ1v) is 7.56. The SMILES string of the molecule is Cc1nc2c3cccc(C)c3c3cccc4c3n2c1CC4. The summed E-state index contributed by atoms with van der Waals surface area (Å²) in [5.41, 5.74) is 7.85. The normalized spacial score (nSPS) is 13.8. The maximum absolute atomic E-state index is 4.90. The lowest BCUT2D eigenvalue weighted by atomic mass is 9.95. The highest BCUT2D eigenvalue weighted by atomic mass is 15.0. The molecule has 0 unspecified atom stereocenters. The Morgan fingerprint density at radius 1 is 0.952 bits per heavy atom. The molecule has 5 rings (SSSR count). The van der Waals surface area contributed by atoms with Crippen LogP contribution in [0.1, 0.15) is 22.5 Å². The average molecular weight is 272 g/mol. The molecule has 2 aromatic carbocycles. The van der Waals surface area contributed by atoms with E-state index in [-0.39, 0.29) is 0 Å². The van der Waals surface area contributed by atoms with Crippen molar-refractivity contribution in [2.45, 2.75) is 26.7 Å². The third-order valence-electron chi connectivity index (χ3n) is 4.93. The van der Waals surface area contributed by atoms with Gasteiger partial charge in [0.05, 0.1) is 11.2 Å². The standard InChI is InChI=1S/C19H16N2/c1-11-5-3-8-15-17(11)14-7-4-6-13-9-10-16-12(2)20-19(15)21(16)18(13)14/h3-8H,9-10H2,1-2H3. The van der Waals surface area contributed by atoms with E-state index < -0.39 is 0 Å². The highest BCUT2D eigenvalue weighted by molar-refractivity contribution is 6.14. The van der Waals surface area contributed by atoms with E-state index in [1.807, 2.05) is 0 Å². The number of fused-ring (bicyclic) bond motifs is 3. The third kappa shape index (κ3) is 1.26. The molecule has 2 heteroatoms. The molecule has 4 aromatic rings. The van der Waals surface area contributed by atoms with E-state index in [0.717, 1.165) is 18.5 Å². The summed E-state index contributed by atoms with van der Waals surface area (Å²) in [7, 11) is 0. The van der Waals surface area contributed by atoms with Gasteiger partial charge in [-0.3, -0.25) is 4.40 Å². The van der Waals surface area contributed by atoms with Crippen molar-refractivity contribution in [3.05, 3.63) is 58.9 Å². The summed E-state index contributed by atoms with van der Waals surface area (Å²) < 4.78 is 2.41. The van der Waals surface area contributed by atoms with E-state index in [9.17, 15) is 0 Å². The Hall–Kier alpha value is -2.35. The van der Waals surface area contributed by atoms with Gasteiger partial charge >= 0.3 is 0 Å². The summed E-state index contributed by atoms with van der Waals surface area (Å²) in [5.74, 6) is 0. The number of rotatable bonds is 0. The molecule has 0 bridgehead atoms. The minimum atomic E-state index is 1.09. The number of nitrogens with zero attached hydrogens (tertiary/aromatic N) is 2. The van der Waals surface area contributed by atoms with E-state index in [0.29, 0.717) is 0 Å². The van der Waals surface area contributed by atoms with Crippen LogP contribution in [-0.2, 0) is 12.8 Å². The van der Waals surface area contributed by atoms with E-state index in [1.54, 1.807) is 0 Å². The van der Waals surface area contributed by atoms with Gasteiger partial charge in [-0.05, 0) is 43.2 Å². The van der Waals surface area contributed by atoms with E-state index in [2.05, 4.69) is 54.6 Å². The first-order valence-electron chi connectivity index (χ1n) is 7.56. The number of hydrogen-bond acceptors (Lipinski definition) is 1. The third-order valence-corrected chi connectivity index (χ3v) is 4.93. The van der Waals surface area contributed by atoms with Gasteiger partial charge in [-0.15, -0.1) is 0 Å². The molecule has 1 aliphatic rings. The summed E-state index contributed by atoms with van der Waals surface area (Å²) in [6, 6.07) is 13.3. The fraction of sp³-hybridized carbons (Fsp3) is 0.211. The number of para-hydroxylation sites is 1. The van der Waals surface area contributed by atoms with Crippen LogP contribution in [0.15, 0.2) is 36.4 Å². The molecule has 2 aromatic heterocycles. The van der Waals surface area contributed by atoms with Crippen LogP contribution in [0, 0.1) is 13.8 Å². The van der Waals surface area contributed by atoms with Gasteiger partial charge in [0, 0.05) is 16.5 Å². The van der Waals surface area contributed by atoms with Crippen molar-refractivity contribution >= 4 is 27.3 Å². The van der Waals surface area contributed by atoms with Gasteiger partial charge in [0.2, 0.25) is 0 Å². The van der Waals surface area contributed by atoms with Gasteiger partial charge in [0.1, 0.15) is 5.65 Å². The molecule has 1 aliphatic heterocycles. The number of aryl methyl sites for hydroxylation is 4.